The Labute approximate surface area is 241 Å². The third-order valence-electron chi connectivity index (χ3n) is 8.57. The van der Waals surface area contributed by atoms with Gasteiger partial charge in [0, 0.05) is 28.4 Å². The van der Waals surface area contributed by atoms with E-state index in [0.717, 1.165) is 50.6 Å². The molecule has 0 bridgehead atoms. The van der Waals surface area contributed by atoms with Gasteiger partial charge >= 0.3 is 0 Å². The maximum Gasteiger partial charge on any atom is 0.275 e. The topological polar surface area (TPSA) is 74.7 Å². The van der Waals surface area contributed by atoms with E-state index < -0.39 is 5.66 Å². The van der Waals surface area contributed by atoms with Crippen LogP contribution >= 0.6 is 23.2 Å². The highest BCUT2D eigenvalue weighted by atomic mass is 35.5. The molecule has 5 rings (SSSR count). The van der Waals surface area contributed by atoms with Crippen molar-refractivity contribution in [1.29, 1.82) is 0 Å². The fraction of sp³-hybridized carbons (Fsp3) is 0.548. The van der Waals surface area contributed by atoms with E-state index >= 15 is 0 Å². The molecular weight excluding hydrogens is 531 g/mol. The number of amides is 2. The van der Waals surface area contributed by atoms with Gasteiger partial charge in [-0.05, 0) is 92.5 Å². The Balaban J connectivity index is 1.53. The van der Waals surface area contributed by atoms with Crippen LogP contribution in [0.5, 0.6) is 0 Å². The second-order valence-corrected chi connectivity index (χ2v) is 13.3. The van der Waals surface area contributed by atoms with E-state index in [2.05, 4.69) is 26.1 Å². The van der Waals surface area contributed by atoms with Crippen LogP contribution in [0.3, 0.4) is 0 Å². The Bertz CT molecular complexity index is 1250. The van der Waals surface area contributed by atoms with Gasteiger partial charge in [-0.2, -0.15) is 0 Å². The Morgan fingerprint density at radius 3 is 2.31 bits per heavy atom. The first kappa shape index (κ1) is 28.1. The van der Waals surface area contributed by atoms with Crippen molar-refractivity contribution in [2.45, 2.75) is 84.3 Å². The lowest BCUT2D eigenvalue weighted by atomic mass is 9.69. The van der Waals surface area contributed by atoms with Gasteiger partial charge in [0.25, 0.3) is 11.8 Å². The van der Waals surface area contributed by atoms with E-state index in [0.29, 0.717) is 45.3 Å². The predicted octanol–water partition coefficient (Wildman–Crippen LogP) is 7.24. The molecule has 1 unspecified atom stereocenters. The fourth-order valence-corrected chi connectivity index (χ4v) is 6.75. The predicted molar refractivity (Wildman–Crippen MR) is 156 cm³/mol. The third-order valence-corrected chi connectivity index (χ3v) is 9.01. The molecule has 0 radical (unpaired) electrons. The standard InChI is InChI=1S/C31H38Cl2N4O2/c1-5-14-34-28(38)20-8-9-25(35-18-20)27(19-6-7-19)37-29(39)26(21-15-23(32)17-24(33)16-21)36-31(37)12-10-22(11-13-31)30(2,3)4/h8-9,15-19,22,27H,5-7,10-14H2,1-4H3,(H,34,38). The quantitative estimate of drug-likeness (QED) is 0.382. The molecule has 1 aromatic carbocycles. The molecule has 2 aromatic rings. The number of halogens is 2. The number of carbonyl (C=O) groups excluding carboxylic acids is 2. The number of carbonyl (C=O) groups is 2. The molecular formula is C31H38Cl2N4O2. The third kappa shape index (κ3) is 5.74. The number of pyridine rings is 1. The molecule has 2 amide bonds. The van der Waals surface area contributed by atoms with Crippen LogP contribution in [0.15, 0.2) is 41.5 Å². The molecule has 1 N–H and O–H groups in total. The monoisotopic (exact) mass is 568 g/mol. The van der Waals surface area contributed by atoms with E-state index in [1.54, 1.807) is 24.4 Å². The second-order valence-electron chi connectivity index (χ2n) is 12.4. The summed E-state index contributed by atoms with van der Waals surface area (Å²) in [5.41, 5.74) is 2.00. The van der Waals surface area contributed by atoms with Gasteiger partial charge in [-0.25, -0.2) is 0 Å². The lowest BCUT2D eigenvalue weighted by molar-refractivity contribution is -0.134. The molecule has 1 atom stereocenters. The molecule has 8 heteroatoms. The minimum absolute atomic E-state index is 0.0917. The number of hydrogen-bond acceptors (Lipinski definition) is 4. The van der Waals surface area contributed by atoms with Crippen molar-refractivity contribution in [3.63, 3.8) is 0 Å². The molecule has 1 aromatic heterocycles. The molecule has 2 saturated carbocycles. The number of aliphatic imine (C=N–C) groups is 1. The Kier molecular flexibility index (Phi) is 7.82. The molecule has 3 aliphatic rings. The molecule has 6 nitrogen and oxygen atoms in total. The molecule has 2 aliphatic carbocycles. The molecule has 39 heavy (non-hydrogen) atoms. The SMILES string of the molecule is CCCNC(=O)c1ccc(C(C2CC2)N2C(=O)C(c3cc(Cl)cc(Cl)c3)=NC23CCC(C(C)(C)C)CC3)nc1. The highest BCUT2D eigenvalue weighted by molar-refractivity contribution is 6.47. The van der Waals surface area contributed by atoms with Gasteiger partial charge in [0.15, 0.2) is 0 Å². The summed E-state index contributed by atoms with van der Waals surface area (Å²) in [4.78, 5) is 38.9. The van der Waals surface area contributed by atoms with Crippen molar-refractivity contribution in [2.75, 3.05) is 6.54 Å². The molecule has 1 aliphatic heterocycles. The summed E-state index contributed by atoms with van der Waals surface area (Å²) in [6.45, 7) is 9.54. The smallest absolute Gasteiger partial charge is 0.275 e. The van der Waals surface area contributed by atoms with E-state index in [1.807, 2.05) is 24.0 Å². The number of hydrogen-bond donors (Lipinski definition) is 1. The number of rotatable bonds is 7. The fourth-order valence-electron chi connectivity index (χ4n) is 6.23. The maximum absolute atomic E-state index is 14.3. The van der Waals surface area contributed by atoms with Gasteiger partial charge in [-0.15, -0.1) is 0 Å². The van der Waals surface area contributed by atoms with Crippen LogP contribution in [0, 0.1) is 17.3 Å². The van der Waals surface area contributed by atoms with Crippen LogP contribution in [0.1, 0.15) is 100 Å². The Morgan fingerprint density at radius 1 is 1.10 bits per heavy atom. The molecule has 2 fully saturated rings. The zero-order valence-electron chi connectivity index (χ0n) is 23.3. The van der Waals surface area contributed by atoms with Gasteiger partial charge in [0.2, 0.25) is 0 Å². The first-order valence-corrected chi connectivity index (χ1v) is 14.9. The van der Waals surface area contributed by atoms with Crippen LogP contribution in [-0.2, 0) is 4.79 Å². The lowest BCUT2D eigenvalue weighted by Crippen LogP contribution is -2.52. The Morgan fingerprint density at radius 2 is 1.77 bits per heavy atom. The maximum atomic E-state index is 14.3. The zero-order chi connectivity index (χ0) is 27.9. The largest absolute Gasteiger partial charge is 0.352 e. The minimum Gasteiger partial charge on any atom is -0.352 e. The van der Waals surface area contributed by atoms with Gasteiger partial charge in [-0.1, -0.05) is 50.9 Å². The first-order chi connectivity index (χ1) is 18.5. The van der Waals surface area contributed by atoms with Gasteiger partial charge in [0.05, 0.1) is 17.3 Å². The summed E-state index contributed by atoms with van der Waals surface area (Å²) in [6.07, 6.45) is 8.19. The second kappa shape index (κ2) is 10.9. The summed E-state index contributed by atoms with van der Waals surface area (Å²) >= 11 is 12.7. The summed E-state index contributed by atoms with van der Waals surface area (Å²) in [7, 11) is 0. The van der Waals surface area contributed by atoms with Gasteiger partial charge in [-0.3, -0.25) is 19.6 Å². The number of nitrogens with one attached hydrogen (secondary N) is 1. The summed E-state index contributed by atoms with van der Waals surface area (Å²) < 4.78 is 0. The van der Waals surface area contributed by atoms with Crippen molar-refractivity contribution in [3.05, 3.63) is 63.4 Å². The van der Waals surface area contributed by atoms with E-state index in [-0.39, 0.29) is 23.3 Å². The number of aromatic nitrogens is 1. The van der Waals surface area contributed by atoms with E-state index in [4.69, 9.17) is 33.2 Å². The van der Waals surface area contributed by atoms with Crippen molar-refractivity contribution in [3.8, 4) is 0 Å². The van der Waals surface area contributed by atoms with Crippen LogP contribution in [0.2, 0.25) is 10.0 Å². The average Bonchev–Trinajstić information content (AvgIpc) is 3.69. The van der Waals surface area contributed by atoms with E-state index in [9.17, 15) is 9.59 Å². The van der Waals surface area contributed by atoms with Crippen molar-refractivity contribution < 1.29 is 9.59 Å². The van der Waals surface area contributed by atoms with Gasteiger partial charge < -0.3 is 10.2 Å². The number of nitrogens with zero attached hydrogens (tertiary/aromatic N) is 3. The van der Waals surface area contributed by atoms with Crippen LogP contribution in [0.4, 0.5) is 0 Å². The Hall–Kier alpha value is -2.44. The van der Waals surface area contributed by atoms with Crippen molar-refractivity contribution >= 4 is 40.7 Å². The highest BCUT2D eigenvalue weighted by Crippen LogP contribution is 2.53. The summed E-state index contributed by atoms with van der Waals surface area (Å²) in [6, 6.07) is 8.76. The van der Waals surface area contributed by atoms with E-state index in [1.165, 1.54) is 0 Å². The normalized spacial score (nSPS) is 24.2. The van der Waals surface area contributed by atoms with Crippen LogP contribution < -0.4 is 5.32 Å². The zero-order valence-corrected chi connectivity index (χ0v) is 24.8. The van der Waals surface area contributed by atoms with Crippen LogP contribution in [0.25, 0.3) is 0 Å². The molecule has 2 heterocycles. The molecule has 0 saturated heterocycles. The average molecular weight is 570 g/mol. The van der Waals surface area contributed by atoms with Crippen LogP contribution in [-0.4, -0.2) is 39.6 Å². The highest BCUT2D eigenvalue weighted by Gasteiger charge is 2.55. The number of benzene rings is 1. The molecule has 1 spiro atoms. The summed E-state index contributed by atoms with van der Waals surface area (Å²) in [5.74, 6) is 0.664. The lowest BCUT2D eigenvalue weighted by Gasteiger charge is -2.47. The van der Waals surface area contributed by atoms with Crippen molar-refractivity contribution in [1.82, 2.24) is 15.2 Å². The van der Waals surface area contributed by atoms with Gasteiger partial charge in [0.1, 0.15) is 11.4 Å². The minimum atomic E-state index is -0.630. The van der Waals surface area contributed by atoms with Crippen molar-refractivity contribution in [2.24, 2.45) is 22.2 Å². The molecule has 208 valence electrons. The summed E-state index contributed by atoms with van der Waals surface area (Å²) in [5, 5.41) is 3.87. The first-order valence-electron chi connectivity index (χ1n) is 14.2.